The molecule has 0 aliphatic carbocycles. The lowest BCUT2D eigenvalue weighted by Crippen LogP contribution is -2.45. The molecule has 0 saturated carbocycles. The Bertz CT molecular complexity index is 754. The van der Waals surface area contributed by atoms with Gasteiger partial charge in [-0.2, -0.15) is 0 Å². The topological polar surface area (TPSA) is 131 Å². The molecule has 0 rings (SSSR count). The molecular formula is C38H77N2O6P. The molecule has 47 heavy (non-hydrogen) atoms. The highest BCUT2D eigenvalue weighted by atomic mass is 31.2. The molecule has 0 fully saturated rings. The molecule has 0 aliphatic heterocycles. The number of nitrogens with one attached hydrogen (secondary N) is 1. The zero-order valence-corrected chi connectivity index (χ0v) is 31.7. The molecule has 8 nitrogen and oxygen atoms in total. The van der Waals surface area contributed by atoms with Crippen molar-refractivity contribution in [1.29, 1.82) is 0 Å². The Kier molecular flexibility index (Phi) is 34.5. The first-order chi connectivity index (χ1) is 22.9. The largest absolute Gasteiger partial charge is 0.472 e. The molecule has 280 valence electrons. The van der Waals surface area contributed by atoms with Crippen molar-refractivity contribution in [3.8, 4) is 0 Å². The molecule has 0 bridgehead atoms. The van der Waals surface area contributed by atoms with Gasteiger partial charge in [0.15, 0.2) is 0 Å². The van der Waals surface area contributed by atoms with E-state index in [1.807, 2.05) is 6.08 Å². The lowest BCUT2D eigenvalue weighted by Gasteiger charge is -2.23. The average Bonchev–Trinajstić information content (AvgIpc) is 3.05. The number of rotatable bonds is 37. The van der Waals surface area contributed by atoms with Crippen molar-refractivity contribution >= 4 is 13.7 Å². The molecule has 0 aromatic heterocycles. The van der Waals surface area contributed by atoms with E-state index in [2.05, 4.69) is 19.2 Å². The quantitative estimate of drug-likeness (QED) is 0.0290. The highest BCUT2D eigenvalue weighted by Crippen LogP contribution is 2.43. The predicted octanol–water partition coefficient (Wildman–Crippen LogP) is 10.4. The third kappa shape index (κ3) is 33.5. The van der Waals surface area contributed by atoms with E-state index in [1.165, 1.54) is 135 Å². The van der Waals surface area contributed by atoms with Gasteiger partial charge in [-0.3, -0.25) is 13.8 Å². The van der Waals surface area contributed by atoms with Crippen molar-refractivity contribution in [1.82, 2.24) is 5.32 Å². The van der Waals surface area contributed by atoms with Crippen molar-refractivity contribution in [3.05, 3.63) is 12.2 Å². The molecule has 0 heterocycles. The predicted molar refractivity (Wildman–Crippen MR) is 198 cm³/mol. The fraction of sp³-hybridized carbons (Fsp3) is 0.921. The fourth-order valence-corrected chi connectivity index (χ4v) is 6.60. The fourth-order valence-electron chi connectivity index (χ4n) is 5.84. The monoisotopic (exact) mass is 689 g/mol. The van der Waals surface area contributed by atoms with Gasteiger partial charge >= 0.3 is 7.82 Å². The van der Waals surface area contributed by atoms with Gasteiger partial charge in [-0.15, -0.1) is 0 Å². The highest BCUT2D eigenvalue weighted by Gasteiger charge is 2.26. The van der Waals surface area contributed by atoms with Gasteiger partial charge in [-0.05, 0) is 19.3 Å². The molecule has 9 heteroatoms. The minimum atomic E-state index is -4.32. The standard InChI is InChI=1S/C38H77N2O6P/c1-3-5-7-9-11-13-14-15-16-17-18-19-20-21-22-23-24-26-28-30-32-38(42)40-36(35-46-47(43,44)45-34-33-39)37(41)31-29-27-25-12-10-8-6-4-2/h29,31,36-37,41H,3-28,30,32-35,39H2,1-2H3,(H,40,42)(H,43,44)/b31-29+. The molecule has 0 aliphatic rings. The molecule has 5 N–H and O–H groups in total. The van der Waals surface area contributed by atoms with Gasteiger partial charge < -0.3 is 21.1 Å². The van der Waals surface area contributed by atoms with Crippen LogP contribution in [0.1, 0.15) is 194 Å². The number of hydrogen-bond acceptors (Lipinski definition) is 6. The van der Waals surface area contributed by atoms with Crippen LogP contribution in [0, 0.1) is 0 Å². The minimum absolute atomic E-state index is 0.0807. The lowest BCUT2D eigenvalue weighted by molar-refractivity contribution is -0.123. The summed E-state index contributed by atoms with van der Waals surface area (Å²) in [7, 11) is -4.32. The summed E-state index contributed by atoms with van der Waals surface area (Å²) in [6, 6.07) is -0.852. The van der Waals surface area contributed by atoms with Gasteiger partial charge in [-0.25, -0.2) is 4.57 Å². The molecule has 0 spiro atoms. The summed E-state index contributed by atoms with van der Waals surface area (Å²) in [6.07, 6.45) is 37.0. The Labute approximate surface area is 290 Å². The molecule has 3 unspecified atom stereocenters. The number of phosphoric acid groups is 1. The minimum Gasteiger partial charge on any atom is -0.387 e. The van der Waals surface area contributed by atoms with E-state index in [0.717, 1.165) is 38.5 Å². The number of nitrogens with two attached hydrogens (primary N) is 1. The first-order valence-electron chi connectivity index (χ1n) is 19.8. The summed E-state index contributed by atoms with van der Waals surface area (Å²) in [4.78, 5) is 22.5. The first kappa shape index (κ1) is 46.2. The number of allylic oxidation sites excluding steroid dienone is 1. The number of carbonyl (C=O) groups excluding carboxylic acids is 1. The Hall–Kier alpha value is -0.760. The molecule has 0 aromatic rings. The van der Waals surface area contributed by atoms with Crippen LogP contribution in [-0.4, -0.2) is 47.8 Å². The van der Waals surface area contributed by atoms with E-state index >= 15 is 0 Å². The summed E-state index contributed by atoms with van der Waals surface area (Å²) >= 11 is 0. The van der Waals surface area contributed by atoms with Crippen molar-refractivity contribution in [2.45, 2.75) is 206 Å². The van der Waals surface area contributed by atoms with E-state index in [-0.39, 0.29) is 25.7 Å². The van der Waals surface area contributed by atoms with E-state index in [9.17, 15) is 19.4 Å². The molecule has 0 aromatic carbocycles. The van der Waals surface area contributed by atoms with Crippen LogP contribution >= 0.6 is 7.82 Å². The number of aliphatic hydroxyl groups is 1. The number of amides is 1. The number of unbranched alkanes of at least 4 members (excludes halogenated alkanes) is 25. The number of carbonyl (C=O) groups is 1. The van der Waals surface area contributed by atoms with Crippen LogP contribution in [0.25, 0.3) is 0 Å². The smallest absolute Gasteiger partial charge is 0.387 e. The Balaban J connectivity index is 4.06. The second kappa shape index (κ2) is 35.1. The van der Waals surface area contributed by atoms with Gasteiger partial charge in [0, 0.05) is 13.0 Å². The van der Waals surface area contributed by atoms with Crippen LogP contribution in [-0.2, 0) is 18.4 Å². The summed E-state index contributed by atoms with van der Waals surface area (Å²) < 4.78 is 22.0. The van der Waals surface area contributed by atoms with Gasteiger partial charge in [0.05, 0.1) is 25.4 Å². The lowest BCUT2D eigenvalue weighted by atomic mass is 10.0. The zero-order chi connectivity index (χ0) is 34.7. The summed E-state index contributed by atoms with van der Waals surface area (Å²) in [6.45, 7) is 4.10. The number of aliphatic hydroxyl groups excluding tert-OH is 1. The van der Waals surface area contributed by atoms with Crippen molar-refractivity contribution in [2.75, 3.05) is 19.8 Å². The van der Waals surface area contributed by atoms with E-state index in [1.54, 1.807) is 6.08 Å². The Morgan fingerprint density at radius 2 is 1.09 bits per heavy atom. The van der Waals surface area contributed by atoms with Crippen LogP contribution in [0.15, 0.2) is 12.2 Å². The van der Waals surface area contributed by atoms with Crippen molar-refractivity contribution in [3.63, 3.8) is 0 Å². The van der Waals surface area contributed by atoms with Crippen LogP contribution in [0.2, 0.25) is 0 Å². The Morgan fingerprint density at radius 1 is 0.681 bits per heavy atom. The van der Waals surface area contributed by atoms with Gasteiger partial charge in [-0.1, -0.05) is 180 Å². The Morgan fingerprint density at radius 3 is 1.51 bits per heavy atom. The molecular weight excluding hydrogens is 611 g/mol. The number of phosphoric ester groups is 1. The van der Waals surface area contributed by atoms with Crippen molar-refractivity contribution in [2.24, 2.45) is 5.73 Å². The van der Waals surface area contributed by atoms with Crippen LogP contribution in [0.4, 0.5) is 0 Å². The molecule has 1 amide bonds. The normalized spacial score (nSPS) is 14.4. The second-order valence-electron chi connectivity index (χ2n) is 13.5. The second-order valence-corrected chi connectivity index (χ2v) is 15.0. The highest BCUT2D eigenvalue weighted by molar-refractivity contribution is 7.47. The van der Waals surface area contributed by atoms with Crippen LogP contribution < -0.4 is 11.1 Å². The molecule has 0 saturated heterocycles. The van der Waals surface area contributed by atoms with Crippen molar-refractivity contribution < 1.29 is 28.4 Å². The van der Waals surface area contributed by atoms with E-state index in [0.29, 0.717) is 6.42 Å². The van der Waals surface area contributed by atoms with Gasteiger partial charge in [0.25, 0.3) is 0 Å². The first-order valence-corrected chi connectivity index (χ1v) is 21.3. The van der Waals surface area contributed by atoms with E-state index < -0.39 is 20.0 Å². The maximum atomic E-state index is 12.7. The van der Waals surface area contributed by atoms with Crippen LogP contribution in [0.5, 0.6) is 0 Å². The SMILES string of the molecule is CCCCCCCC/C=C/C(O)C(COP(=O)(O)OCCN)NC(=O)CCCCCCCCCCCCCCCCCCCCCC. The van der Waals surface area contributed by atoms with E-state index in [4.69, 9.17) is 14.8 Å². The maximum Gasteiger partial charge on any atom is 0.472 e. The van der Waals surface area contributed by atoms with Crippen LogP contribution in [0.3, 0.4) is 0 Å². The van der Waals surface area contributed by atoms with Gasteiger partial charge in [0.1, 0.15) is 0 Å². The summed E-state index contributed by atoms with van der Waals surface area (Å²) in [5.41, 5.74) is 5.34. The summed E-state index contributed by atoms with van der Waals surface area (Å²) in [5, 5.41) is 13.5. The average molecular weight is 689 g/mol. The summed E-state index contributed by atoms with van der Waals surface area (Å²) in [5.74, 6) is -0.194. The van der Waals surface area contributed by atoms with Gasteiger partial charge in [0.2, 0.25) is 5.91 Å². The third-order valence-corrected chi connectivity index (χ3v) is 9.85. The molecule has 0 radical (unpaired) electrons. The maximum absolute atomic E-state index is 12.7. The molecule has 3 atom stereocenters. The number of hydrogen-bond donors (Lipinski definition) is 4. The third-order valence-electron chi connectivity index (χ3n) is 8.86. The zero-order valence-electron chi connectivity index (χ0n) is 30.8.